The van der Waals surface area contributed by atoms with Crippen molar-refractivity contribution in [2.75, 3.05) is 20.6 Å². The third kappa shape index (κ3) is 3.02. The predicted molar refractivity (Wildman–Crippen MR) is 121 cm³/mol. The van der Waals surface area contributed by atoms with Crippen molar-refractivity contribution < 1.29 is 9.59 Å². The number of nitrogens with zero attached hydrogens (tertiary/aromatic N) is 3. The molecule has 0 saturated heterocycles. The number of allylic oxidation sites excluding steroid dienone is 2. The molecule has 6 nitrogen and oxygen atoms in total. The van der Waals surface area contributed by atoms with Crippen molar-refractivity contribution in [1.82, 2.24) is 19.7 Å². The maximum absolute atomic E-state index is 13.0. The van der Waals surface area contributed by atoms with Crippen LogP contribution in [-0.2, 0) is 16.1 Å². The van der Waals surface area contributed by atoms with Crippen molar-refractivity contribution in [2.24, 2.45) is 0 Å². The third-order valence-electron chi connectivity index (χ3n) is 5.57. The van der Waals surface area contributed by atoms with Gasteiger partial charge in [-0.1, -0.05) is 18.2 Å². The Bertz CT molecular complexity index is 1320. The van der Waals surface area contributed by atoms with Crippen LogP contribution in [0.15, 0.2) is 41.9 Å². The number of aromatic nitrogens is 3. The van der Waals surface area contributed by atoms with E-state index in [4.69, 9.17) is 5.10 Å². The van der Waals surface area contributed by atoms with E-state index in [0.717, 1.165) is 46.2 Å². The summed E-state index contributed by atoms with van der Waals surface area (Å²) >= 11 is 1.59. The number of aryl methyl sites for hydroxylation is 1. The van der Waals surface area contributed by atoms with E-state index in [9.17, 15) is 9.59 Å². The number of thiophene rings is 1. The van der Waals surface area contributed by atoms with E-state index in [1.807, 2.05) is 46.6 Å². The molecule has 0 atom stereocenters. The highest BCUT2D eigenvalue weighted by Crippen LogP contribution is 2.40. The molecular weight excluding hydrogens is 396 g/mol. The first-order valence-corrected chi connectivity index (χ1v) is 10.9. The summed E-state index contributed by atoms with van der Waals surface area (Å²) in [6.07, 6.45) is 2.69. The van der Waals surface area contributed by atoms with Crippen molar-refractivity contribution in [1.29, 1.82) is 0 Å². The predicted octanol–water partition coefficient (Wildman–Crippen LogP) is 3.98. The van der Waals surface area contributed by atoms with Crippen LogP contribution in [0.3, 0.4) is 0 Å². The van der Waals surface area contributed by atoms with Crippen LogP contribution in [0.25, 0.3) is 32.3 Å². The van der Waals surface area contributed by atoms with Crippen molar-refractivity contribution >= 4 is 55.2 Å². The average Bonchev–Trinajstić information content (AvgIpc) is 3.45. The number of ketones is 2. The molecule has 30 heavy (non-hydrogen) atoms. The van der Waals surface area contributed by atoms with Crippen molar-refractivity contribution in [2.45, 2.75) is 19.4 Å². The lowest BCUT2D eigenvalue weighted by molar-refractivity contribution is -0.119. The van der Waals surface area contributed by atoms with Gasteiger partial charge in [-0.25, -0.2) is 0 Å². The van der Waals surface area contributed by atoms with Crippen LogP contribution in [0.1, 0.15) is 24.1 Å². The molecule has 0 amide bonds. The molecule has 1 aliphatic carbocycles. The number of para-hydroxylation sites is 1. The lowest BCUT2D eigenvalue weighted by Crippen LogP contribution is -2.15. The molecule has 0 saturated carbocycles. The lowest BCUT2D eigenvalue weighted by Gasteiger charge is -2.09. The van der Waals surface area contributed by atoms with Crippen LogP contribution in [0.4, 0.5) is 0 Å². The lowest BCUT2D eigenvalue weighted by atomic mass is 9.98. The summed E-state index contributed by atoms with van der Waals surface area (Å²) in [6.45, 7) is 1.71. The van der Waals surface area contributed by atoms with Gasteiger partial charge in [0.15, 0.2) is 11.6 Å². The molecule has 7 heteroatoms. The highest BCUT2D eigenvalue weighted by atomic mass is 32.1. The van der Waals surface area contributed by atoms with Gasteiger partial charge < -0.3 is 9.88 Å². The number of nitrogens with one attached hydrogen (secondary N) is 1. The molecule has 1 aromatic carbocycles. The zero-order valence-corrected chi connectivity index (χ0v) is 17.8. The highest BCUT2D eigenvalue weighted by Gasteiger charge is 2.36. The van der Waals surface area contributed by atoms with Crippen LogP contribution in [0, 0.1) is 0 Å². The molecule has 1 N–H and O–H groups in total. The molecule has 0 spiro atoms. The monoisotopic (exact) mass is 418 g/mol. The number of H-pyrrole nitrogens is 1. The molecule has 0 fully saturated rings. The van der Waals surface area contributed by atoms with Gasteiger partial charge in [-0.2, -0.15) is 5.10 Å². The fourth-order valence-corrected chi connectivity index (χ4v) is 4.98. The first kappa shape index (κ1) is 19.0. The number of hydrogen-bond donors (Lipinski definition) is 1. The Balaban J connectivity index is 1.69. The SMILES string of the molecule is CN(C)CCCn1nc(C2=C(c3c[nH]c4sccc34)C(=O)CC2=O)c2ccccc21. The largest absolute Gasteiger partial charge is 0.352 e. The fourth-order valence-electron chi connectivity index (χ4n) is 4.21. The standard InChI is InChI=1S/C23H22N4O2S/c1-26(2)9-5-10-27-17-7-4-3-6-15(17)22(25-27)21-19(29)12-18(28)20(21)16-13-24-23-14(16)8-11-30-23/h3-4,6-8,11,13,24H,5,9-10,12H2,1-2H3. The Morgan fingerprint density at radius 2 is 1.90 bits per heavy atom. The number of aromatic amines is 1. The number of carbonyl (C=O) groups is 2. The Hall–Kier alpha value is -3.03. The van der Waals surface area contributed by atoms with Gasteiger partial charge in [0.25, 0.3) is 0 Å². The van der Waals surface area contributed by atoms with E-state index in [1.165, 1.54) is 0 Å². The van der Waals surface area contributed by atoms with Crippen molar-refractivity contribution in [3.8, 4) is 0 Å². The summed E-state index contributed by atoms with van der Waals surface area (Å²) in [5, 5.41) is 8.72. The van der Waals surface area contributed by atoms with E-state index >= 15 is 0 Å². The molecule has 5 rings (SSSR count). The number of benzene rings is 1. The molecule has 0 bridgehead atoms. The number of carbonyl (C=O) groups excluding carboxylic acids is 2. The summed E-state index contributed by atoms with van der Waals surface area (Å²) in [4.78, 5) is 32.2. The van der Waals surface area contributed by atoms with E-state index in [1.54, 1.807) is 11.3 Å². The minimum absolute atomic E-state index is 0.0940. The molecule has 1 aliphatic rings. The summed E-state index contributed by atoms with van der Waals surface area (Å²) in [5.74, 6) is -0.281. The maximum atomic E-state index is 13.0. The second kappa shape index (κ2) is 7.34. The molecule has 4 aromatic rings. The Labute approximate surface area is 177 Å². The normalized spacial score (nSPS) is 14.9. The smallest absolute Gasteiger partial charge is 0.173 e. The minimum atomic E-state index is -0.150. The van der Waals surface area contributed by atoms with E-state index in [0.29, 0.717) is 16.8 Å². The maximum Gasteiger partial charge on any atom is 0.173 e. The van der Waals surface area contributed by atoms with Crippen LogP contribution >= 0.6 is 11.3 Å². The van der Waals surface area contributed by atoms with Crippen LogP contribution in [0.5, 0.6) is 0 Å². The molecule has 3 aromatic heterocycles. The van der Waals surface area contributed by atoms with Crippen molar-refractivity contribution in [3.63, 3.8) is 0 Å². The Morgan fingerprint density at radius 3 is 2.73 bits per heavy atom. The first-order chi connectivity index (χ1) is 14.5. The van der Waals surface area contributed by atoms with Gasteiger partial charge in [-0.05, 0) is 44.6 Å². The summed E-state index contributed by atoms with van der Waals surface area (Å²) in [7, 11) is 4.10. The molecule has 0 unspecified atom stereocenters. The average molecular weight is 419 g/mol. The van der Waals surface area contributed by atoms with Gasteiger partial charge in [0, 0.05) is 34.7 Å². The molecule has 3 heterocycles. The Kier molecular flexibility index (Phi) is 4.64. The molecular formula is C23H22N4O2S. The van der Waals surface area contributed by atoms with E-state index in [2.05, 4.69) is 24.0 Å². The van der Waals surface area contributed by atoms with Gasteiger partial charge in [0.05, 0.1) is 17.5 Å². The quantitative estimate of drug-likeness (QED) is 0.481. The fraction of sp³-hybridized carbons (Fsp3) is 0.261. The number of fused-ring (bicyclic) bond motifs is 2. The second-order valence-electron chi connectivity index (χ2n) is 7.88. The zero-order chi connectivity index (χ0) is 20.8. The van der Waals surface area contributed by atoms with Crippen LogP contribution < -0.4 is 0 Å². The zero-order valence-electron chi connectivity index (χ0n) is 16.9. The van der Waals surface area contributed by atoms with Crippen LogP contribution in [0.2, 0.25) is 0 Å². The summed E-state index contributed by atoms with van der Waals surface area (Å²) < 4.78 is 1.96. The van der Waals surface area contributed by atoms with Gasteiger partial charge in [0.1, 0.15) is 10.5 Å². The molecule has 152 valence electrons. The second-order valence-corrected chi connectivity index (χ2v) is 8.80. The number of rotatable bonds is 6. The highest BCUT2D eigenvalue weighted by molar-refractivity contribution is 7.16. The van der Waals surface area contributed by atoms with Crippen molar-refractivity contribution in [3.05, 3.63) is 53.2 Å². The van der Waals surface area contributed by atoms with E-state index in [-0.39, 0.29) is 18.0 Å². The van der Waals surface area contributed by atoms with Gasteiger partial charge in [-0.3, -0.25) is 14.3 Å². The molecule has 0 radical (unpaired) electrons. The number of Topliss-reactive ketones (excluding diaryl/α,β-unsaturated/α-hetero) is 2. The van der Waals surface area contributed by atoms with Gasteiger partial charge in [0.2, 0.25) is 0 Å². The minimum Gasteiger partial charge on any atom is -0.352 e. The third-order valence-corrected chi connectivity index (χ3v) is 6.42. The van der Waals surface area contributed by atoms with Crippen LogP contribution in [-0.4, -0.2) is 51.9 Å². The Morgan fingerprint density at radius 1 is 1.10 bits per heavy atom. The summed E-state index contributed by atoms with van der Waals surface area (Å²) in [5.41, 5.74) is 3.34. The molecule has 0 aliphatic heterocycles. The summed E-state index contributed by atoms with van der Waals surface area (Å²) in [6, 6.07) is 9.93. The topological polar surface area (TPSA) is 71.0 Å². The van der Waals surface area contributed by atoms with Gasteiger partial charge in [-0.15, -0.1) is 11.3 Å². The van der Waals surface area contributed by atoms with Gasteiger partial charge >= 0.3 is 0 Å². The number of hydrogen-bond acceptors (Lipinski definition) is 5. The first-order valence-electron chi connectivity index (χ1n) is 10.0. The van der Waals surface area contributed by atoms with E-state index < -0.39 is 0 Å².